The zero-order valence-electron chi connectivity index (χ0n) is 14.2. The van der Waals surface area contributed by atoms with Gasteiger partial charge in [0.05, 0.1) is 10.6 Å². The SMILES string of the molecule is O=C1CC(c2ccccc2)(c2ccsc2)NC(=O)C1Sc1ccccc1Cl. The number of benzene rings is 2. The molecule has 3 nitrogen and oxygen atoms in total. The standard InChI is InChI=1S/C21H16ClNO2S2/c22-16-8-4-5-9-18(16)27-19-17(24)12-21(23-20(19)25,15-10-11-26-13-15)14-6-2-1-3-7-14/h1-11,13,19H,12H2,(H,23,25). The van der Waals surface area contributed by atoms with Crippen molar-refractivity contribution < 1.29 is 9.59 Å². The predicted molar refractivity (Wildman–Crippen MR) is 110 cm³/mol. The average Bonchev–Trinajstić information content (AvgIpc) is 3.22. The molecule has 2 unspecified atom stereocenters. The van der Waals surface area contributed by atoms with Gasteiger partial charge in [-0.15, -0.1) is 11.8 Å². The van der Waals surface area contributed by atoms with Crippen molar-refractivity contribution in [2.75, 3.05) is 0 Å². The molecule has 1 N–H and O–H groups in total. The summed E-state index contributed by atoms with van der Waals surface area (Å²) >= 11 is 8.97. The summed E-state index contributed by atoms with van der Waals surface area (Å²) in [5, 5.41) is 6.84. The van der Waals surface area contributed by atoms with Gasteiger partial charge in [0, 0.05) is 11.3 Å². The minimum atomic E-state index is -0.826. The summed E-state index contributed by atoms with van der Waals surface area (Å²) in [5.74, 6) is -0.384. The van der Waals surface area contributed by atoms with E-state index in [0.29, 0.717) is 5.02 Å². The lowest BCUT2D eigenvalue weighted by molar-refractivity contribution is -0.132. The fourth-order valence-corrected chi connectivity index (χ4v) is 5.32. The number of piperidine rings is 1. The van der Waals surface area contributed by atoms with Gasteiger partial charge in [0.2, 0.25) is 5.91 Å². The van der Waals surface area contributed by atoms with Crippen molar-refractivity contribution in [3.63, 3.8) is 0 Å². The van der Waals surface area contributed by atoms with Crippen LogP contribution >= 0.6 is 34.7 Å². The van der Waals surface area contributed by atoms with Gasteiger partial charge in [0.25, 0.3) is 0 Å². The van der Waals surface area contributed by atoms with E-state index in [-0.39, 0.29) is 18.1 Å². The molecule has 27 heavy (non-hydrogen) atoms. The summed E-state index contributed by atoms with van der Waals surface area (Å²) in [6.07, 6.45) is 0.210. The molecule has 3 aromatic rings. The summed E-state index contributed by atoms with van der Waals surface area (Å²) < 4.78 is 0. The molecule has 0 radical (unpaired) electrons. The molecule has 1 aromatic heterocycles. The number of carbonyl (C=O) groups excluding carboxylic acids is 2. The Balaban J connectivity index is 1.69. The first-order valence-electron chi connectivity index (χ1n) is 8.44. The number of thioether (sulfide) groups is 1. The molecule has 1 amide bonds. The molecule has 1 aliphatic rings. The van der Waals surface area contributed by atoms with E-state index in [4.69, 9.17) is 11.6 Å². The highest BCUT2D eigenvalue weighted by molar-refractivity contribution is 8.01. The molecular formula is C21H16ClNO2S2. The number of ketones is 1. The van der Waals surface area contributed by atoms with Gasteiger partial charge < -0.3 is 5.32 Å². The number of nitrogens with one attached hydrogen (secondary N) is 1. The summed E-state index contributed by atoms with van der Waals surface area (Å²) in [4.78, 5) is 26.8. The van der Waals surface area contributed by atoms with E-state index in [1.807, 2.05) is 65.4 Å². The molecule has 6 heteroatoms. The van der Waals surface area contributed by atoms with Crippen LogP contribution in [0.5, 0.6) is 0 Å². The lowest BCUT2D eigenvalue weighted by Crippen LogP contribution is -2.57. The molecule has 1 saturated heterocycles. The number of halogens is 1. The zero-order chi connectivity index (χ0) is 18.9. The normalized spacial score (nSPS) is 22.5. The summed E-state index contributed by atoms with van der Waals surface area (Å²) in [5.41, 5.74) is 1.01. The molecule has 0 aliphatic carbocycles. The lowest BCUT2D eigenvalue weighted by atomic mass is 9.77. The highest BCUT2D eigenvalue weighted by atomic mass is 35.5. The van der Waals surface area contributed by atoms with Crippen molar-refractivity contribution in [3.8, 4) is 0 Å². The van der Waals surface area contributed by atoms with E-state index in [9.17, 15) is 9.59 Å². The zero-order valence-corrected chi connectivity index (χ0v) is 16.6. The predicted octanol–water partition coefficient (Wildman–Crippen LogP) is 4.90. The minimum absolute atomic E-state index is 0.0984. The van der Waals surface area contributed by atoms with Gasteiger partial charge in [-0.3, -0.25) is 9.59 Å². The van der Waals surface area contributed by atoms with E-state index in [1.54, 1.807) is 17.4 Å². The van der Waals surface area contributed by atoms with E-state index in [0.717, 1.165) is 16.0 Å². The summed E-state index contributed by atoms with van der Waals surface area (Å²) in [6, 6.07) is 18.9. The van der Waals surface area contributed by atoms with E-state index in [1.165, 1.54) is 11.8 Å². The van der Waals surface area contributed by atoms with Crippen LogP contribution in [-0.4, -0.2) is 16.9 Å². The van der Waals surface area contributed by atoms with Crippen LogP contribution < -0.4 is 5.32 Å². The number of Topliss-reactive ketones (excluding diaryl/α,β-unsaturated/α-hetero) is 1. The Morgan fingerprint density at radius 1 is 1.00 bits per heavy atom. The van der Waals surface area contributed by atoms with Gasteiger partial charge in [0.1, 0.15) is 5.25 Å². The van der Waals surface area contributed by atoms with Crippen molar-refractivity contribution >= 4 is 46.4 Å². The van der Waals surface area contributed by atoms with Crippen LogP contribution in [0.15, 0.2) is 76.3 Å². The number of hydrogen-bond acceptors (Lipinski definition) is 4. The lowest BCUT2D eigenvalue weighted by Gasteiger charge is -2.40. The summed E-state index contributed by atoms with van der Waals surface area (Å²) in [7, 11) is 0. The number of hydrogen-bond donors (Lipinski definition) is 1. The van der Waals surface area contributed by atoms with Crippen molar-refractivity contribution in [2.24, 2.45) is 0 Å². The second kappa shape index (κ2) is 7.50. The fourth-order valence-electron chi connectivity index (χ4n) is 3.35. The molecule has 2 heterocycles. The van der Waals surface area contributed by atoms with Crippen LogP contribution in [0.25, 0.3) is 0 Å². The topological polar surface area (TPSA) is 46.2 Å². The maximum atomic E-state index is 13.1. The molecule has 2 atom stereocenters. The quantitative estimate of drug-likeness (QED) is 0.619. The Morgan fingerprint density at radius 3 is 2.41 bits per heavy atom. The first-order chi connectivity index (χ1) is 13.1. The third kappa shape index (κ3) is 3.43. The van der Waals surface area contributed by atoms with Gasteiger partial charge in [-0.2, -0.15) is 11.3 Å². The highest BCUT2D eigenvalue weighted by Crippen LogP contribution is 2.41. The molecule has 0 saturated carbocycles. The Labute approximate surface area is 170 Å². The van der Waals surface area contributed by atoms with Gasteiger partial charge in [0.15, 0.2) is 5.78 Å². The van der Waals surface area contributed by atoms with Gasteiger partial charge >= 0.3 is 0 Å². The Morgan fingerprint density at radius 2 is 1.74 bits per heavy atom. The highest BCUT2D eigenvalue weighted by Gasteiger charge is 2.47. The van der Waals surface area contributed by atoms with Gasteiger partial charge in [-0.1, -0.05) is 54.1 Å². The van der Waals surface area contributed by atoms with Crippen molar-refractivity contribution in [3.05, 3.63) is 87.6 Å². The first-order valence-corrected chi connectivity index (χ1v) is 10.6. The number of carbonyl (C=O) groups is 2. The summed E-state index contributed by atoms with van der Waals surface area (Å²) in [6.45, 7) is 0. The van der Waals surface area contributed by atoms with E-state index >= 15 is 0 Å². The molecule has 0 spiro atoms. The monoisotopic (exact) mass is 413 g/mol. The number of rotatable bonds is 4. The second-order valence-corrected chi connectivity index (χ2v) is 8.68. The molecule has 1 aliphatic heterocycles. The Kier molecular flexibility index (Phi) is 5.08. The third-order valence-corrected chi connectivity index (χ3v) is 7.12. The molecule has 0 bridgehead atoms. The maximum absolute atomic E-state index is 13.1. The number of amides is 1. The van der Waals surface area contributed by atoms with Crippen LogP contribution in [0.2, 0.25) is 5.02 Å². The molecule has 136 valence electrons. The first kappa shape index (κ1) is 18.3. The van der Waals surface area contributed by atoms with E-state index < -0.39 is 10.8 Å². The Hall–Kier alpha value is -2.08. The van der Waals surface area contributed by atoms with E-state index in [2.05, 4.69) is 5.32 Å². The minimum Gasteiger partial charge on any atom is -0.341 e. The smallest absolute Gasteiger partial charge is 0.242 e. The largest absolute Gasteiger partial charge is 0.341 e. The van der Waals surface area contributed by atoms with Crippen LogP contribution in [-0.2, 0) is 15.1 Å². The van der Waals surface area contributed by atoms with Gasteiger partial charge in [-0.05, 0) is 40.1 Å². The maximum Gasteiger partial charge on any atom is 0.242 e. The van der Waals surface area contributed by atoms with Crippen LogP contribution in [0.4, 0.5) is 0 Å². The molecule has 1 fully saturated rings. The van der Waals surface area contributed by atoms with Crippen molar-refractivity contribution in [1.29, 1.82) is 0 Å². The van der Waals surface area contributed by atoms with Gasteiger partial charge in [-0.25, -0.2) is 0 Å². The Bertz CT molecular complexity index is 955. The second-order valence-electron chi connectivity index (χ2n) is 6.34. The van der Waals surface area contributed by atoms with Crippen LogP contribution in [0.1, 0.15) is 17.5 Å². The fraction of sp³-hybridized carbons (Fsp3) is 0.143. The molecule has 4 rings (SSSR count). The molecule has 2 aromatic carbocycles. The average molecular weight is 414 g/mol. The molecular weight excluding hydrogens is 398 g/mol. The number of thiophene rings is 1. The third-order valence-electron chi connectivity index (χ3n) is 4.67. The van der Waals surface area contributed by atoms with Crippen molar-refractivity contribution in [1.82, 2.24) is 5.32 Å². The van der Waals surface area contributed by atoms with Crippen molar-refractivity contribution in [2.45, 2.75) is 22.1 Å². The van der Waals surface area contributed by atoms with Crippen LogP contribution in [0.3, 0.4) is 0 Å². The van der Waals surface area contributed by atoms with Crippen LogP contribution in [0, 0.1) is 0 Å².